The van der Waals surface area contributed by atoms with Crippen LogP contribution in [-0.4, -0.2) is 16.5 Å². The van der Waals surface area contributed by atoms with Gasteiger partial charge in [0.15, 0.2) is 0 Å². The van der Waals surface area contributed by atoms with Gasteiger partial charge in [-0.1, -0.05) is 19.1 Å². The molecule has 1 aromatic heterocycles. The molecule has 0 aliphatic heterocycles. The fourth-order valence-corrected chi connectivity index (χ4v) is 3.12. The molecule has 0 radical (unpaired) electrons. The van der Waals surface area contributed by atoms with E-state index in [0.717, 1.165) is 41.3 Å². The third-order valence-corrected chi connectivity index (χ3v) is 4.66. The summed E-state index contributed by atoms with van der Waals surface area (Å²) in [5.74, 6) is 1.88. The van der Waals surface area contributed by atoms with Crippen molar-refractivity contribution < 1.29 is 0 Å². The number of hydrogen-bond donors (Lipinski definition) is 2. The number of imidazole rings is 1. The number of thioether (sulfide) groups is 1. The van der Waals surface area contributed by atoms with Gasteiger partial charge in [-0.3, -0.25) is 0 Å². The Bertz CT molecular complexity index is 513. The first kappa shape index (κ1) is 14.6. The van der Waals surface area contributed by atoms with Crippen LogP contribution in [0.5, 0.6) is 0 Å². The van der Waals surface area contributed by atoms with E-state index in [2.05, 4.69) is 56.3 Å². The molecule has 0 amide bonds. The highest BCUT2D eigenvalue weighted by Crippen LogP contribution is 2.28. The quantitative estimate of drug-likeness (QED) is 0.592. The summed E-state index contributed by atoms with van der Waals surface area (Å²) in [5, 5.41) is 3.36. The number of aromatic nitrogens is 2. The van der Waals surface area contributed by atoms with Gasteiger partial charge < -0.3 is 10.3 Å². The van der Waals surface area contributed by atoms with Crippen molar-refractivity contribution in [1.82, 2.24) is 15.3 Å². The molecule has 0 saturated carbocycles. The molecule has 2 aromatic rings. The molecule has 102 valence electrons. The summed E-state index contributed by atoms with van der Waals surface area (Å²) < 4.78 is 1.14. The molecule has 19 heavy (non-hydrogen) atoms. The second-order valence-corrected chi connectivity index (χ2v) is 6.12. The Kier molecular flexibility index (Phi) is 5.94. The first-order chi connectivity index (χ1) is 9.29. The van der Waals surface area contributed by atoms with Crippen LogP contribution in [0.25, 0.3) is 0 Å². The molecule has 2 rings (SSSR count). The standard InChI is InChI=1S/C14H18BrN3S/c1-2-7-16-8-11-9-17-14(18-11)10-19-13-6-4-3-5-12(13)15/h3-6,9,16H,2,7-8,10H2,1H3,(H,17,18). The lowest BCUT2D eigenvalue weighted by Crippen LogP contribution is -2.13. The van der Waals surface area contributed by atoms with Gasteiger partial charge in [-0.05, 0) is 41.0 Å². The summed E-state index contributed by atoms with van der Waals surface area (Å²) in [6.07, 6.45) is 3.07. The molecular formula is C14H18BrN3S. The van der Waals surface area contributed by atoms with Crippen LogP contribution in [0.1, 0.15) is 24.9 Å². The molecule has 0 unspecified atom stereocenters. The van der Waals surface area contributed by atoms with Gasteiger partial charge >= 0.3 is 0 Å². The van der Waals surface area contributed by atoms with E-state index in [9.17, 15) is 0 Å². The van der Waals surface area contributed by atoms with E-state index in [1.807, 2.05) is 12.3 Å². The number of hydrogen-bond acceptors (Lipinski definition) is 3. The highest BCUT2D eigenvalue weighted by atomic mass is 79.9. The molecule has 0 saturated heterocycles. The van der Waals surface area contributed by atoms with Crippen molar-refractivity contribution in [2.75, 3.05) is 6.54 Å². The van der Waals surface area contributed by atoms with Crippen LogP contribution < -0.4 is 5.32 Å². The van der Waals surface area contributed by atoms with E-state index in [0.29, 0.717) is 0 Å². The maximum atomic E-state index is 4.41. The van der Waals surface area contributed by atoms with Crippen molar-refractivity contribution in [2.24, 2.45) is 0 Å². The van der Waals surface area contributed by atoms with E-state index < -0.39 is 0 Å². The SMILES string of the molecule is CCCNCc1cnc(CSc2ccccc2Br)[nH]1. The molecule has 0 aliphatic rings. The van der Waals surface area contributed by atoms with Gasteiger partial charge in [-0.15, -0.1) is 11.8 Å². The highest BCUT2D eigenvalue weighted by Gasteiger charge is 2.03. The van der Waals surface area contributed by atoms with Gasteiger partial charge in [0.05, 0.1) is 5.75 Å². The molecule has 0 spiro atoms. The summed E-state index contributed by atoms with van der Waals surface area (Å²) in [5.41, 5.74) is 1.15. The topological polar surface area (TPSA) is 40.7 Å². The van der Waals surface area contributed by atoms with Crippen LogP contribution in [0.15, 0.2) is 39.8 Å². The minimum absolute atomic E-state index is 0.858. The van der Waals surface area contributed by atoms with E-state index >= 15 is 0 Å². The van der Waals surface area contributed by atoms with Gasteiger partial charge in [0.2, 0.25) is 0 Å². The van der Waals surface area contributed by atoms with E-state index in [1.165, 1.54) is 4.90 Å². The van der Waals surface area contributed by atoms with Crippen LogP contribution in [0, 0.1) is 0 Å². The number of benzene rings is 1. The van der Waals surface area contributed by atoms with Crippen LogP contribution in [0.4, 0.5) is 0 Å². The smallest absolute Gasteiger partial charge is 0.116 e. The van der Waals surface area contributed by atoms with Crippen LogP contribution in [0.2, 0.25) is 0 Å². The second-order valence-electron chi connectivity index (χ2n) is 4.25. The Hall–Kier alpha value is -0.780. The van der Waals surface area contributed by atoms with Gasteiger partial charge in [-0.2, -0.15) is 0 Å². The van der Waals surface area contributed by atoms with Gasteiger partial charge in [0.25, 0.3) is 0 Å². The number of nitrogens with zero attached hydrogens (tertiary/aromatic N) is 1. The van der Waals surface area contributed by atoms with Crippen LogP contribution >= 0.6 is 27.7 Å². The molecule has 0 atom stereocenters. The second kappa shape index (κ2) is 7.72. The van der Waals surface area contributed by atoms with Gasteiger partial charge in [0, 0.05) is 27.8 Å². The Morgan fingerprint density at radius 2 is 2.21 bits per heavy atom. The van der Waals surface area contributed by atoms with Crippen molar-refractivity contribution >= 4 is 27.7 Å². The molecule has 1 heterocycles. The molecule has 1 aromatic carbocycles. The van der Waals surface area contributed by atoms with E-state index in [-0.39, 0.29) is 0 Å². The fraction of sp³-hybridized carbons (Fsp3) is 0.357. The molecule has 2 N–H and O–H groups in total. The molecule has 0 fully saturated rings. The van der Waals surface area contributed by atoms with Gasteiger partial charge in [-0.25, -0.2) is 4.98 Å². The molecule has 0 aliphatic carbocycles. The zero-order valence-electron chi connectivity index (χ0n) is 10.9. The number of aromatic amines is 1. The minimum atomic E-state index is 0.858. The third kappa shape index (κ3) is 4.67. The molecule has 0 bridgehead atoms. The zero-order valence-corrected chi connectivity index (χ0v) is 13.4. The third-order valence-electron chi connectivity index (χ3n) is 2.62. The Morgan fingerprint density at radius 3 is 3.00 bits per heavy atom. The largest absolute Gasteiger partial charge is 0.344 e. The fourth-order valence-electron chi connectivity index (χ4n) is 1.68. The summed E-state index contributed by atoms with van der Waals surface area (Å²) in [7, 11) is 0. The van der Waals surface area contributed by atoms with Crippen molar-refractivity contribution in [1.29, 1.82) is 0 Å². The lowest BCUT2D eigenvalue weighted by molar-refractivity contribution is 0.666. The molecule has 3 nitrogen and oxygen atoms in total. The summed E-state index contributed by atoms with van der Waals surface area (Å²) in [6.45, 7) is 4.07. The predicted molar refractivity (Wildman–Crippen MR) is 84.3 cm³/mol. The average Bonchev–Trinajstić information content (AvgIpc) is 2.86. The normalized spacial score (nSPS) is 10.8. The van der Waals surface area contributed by atoms with E-state index in [1.54, 1.807) is 11.8 Å². The zero-order chi connectivity index (χ0) is 13.5. The van der Waals surface area contributed by atoms with Crippen molar-refractivity contribution in [3.05, 3.63) is 46.5 Å². The maximum absolute atomic E-state index is 4.41. The summed E-state index contributed by atoms with van der Waals surface area (Å²) >= 11 is 5.34. The Labute approximate surface area is 126 Å². The highest BCUT2D eigenvalue weighted by molar-refractivity contribution is 9.10. The predicted octanol–water partition coefficient (Wildman–Crippen LogP) is 3.96. The molecule has 5 heteroatoms. The van der Waals surface area contributed by atoms with Gasteiger partial charge in [0.1, 0.15) is 5.82 Å². The number of H-pyrrole nitrogens is 1. The van der Waals surface area contributed by atoms with Crippen LogP contribution in [0.3, 0.4) is 0 Å². The monoisotopic (exact) mass is 339 g/mol. The van der Waals surface area contributed by atoms with Crippen LogP contribution in [-0.2, 0) is 12.3 Å². The van der Waals surface area contributed by atoms with Crippen molar-refractivity contribution in [3.8, 4) is 0 Å². The minimum Gasteiger partial charge on any atom is -0.344 e. The van der Waals surface area contributed by atoms with Crippen molar-refractivity contribution in [3.63, 3.8) is 0 Å². The number of halogens is 1. The van der Waals surface area contributed by atoms with Crippen molar-refractivity contribution in [2.45, 2.75) is 30.5 Å². The van der Waals surface area contributed by atoms with E-state index in [4.69, 9.17) is 0 Å². The lowest BCUT2D eigenvalue weighted by Gasteiger charge is -2.02. The number of nitrogens with one attached hydrogen (secondary N) is 2. The summed E-state index contributed by atoms with van der Waals surface area (Å²) in [6, 6.07) is 8.25. The first-order valence-corrected chi connectivity index (χ1v) is 8.18. The lowest BCUT2D eigenvalue weighted by atomic mass is 10.4. The average molecular weight is 340 g/mol. The first-order valence-electron chi connectivity index (χ1n) is 6.40. The Morgan fingerprint density at radius 1 is 1.37 bits per heavy atom. The summed E-state index contributed by atoms with van der Waals surface area (Å²) in [4.78, 5) is 9.00. The molecular weight excluding hydrogens is 322 g/mol. The number of rotatable bonds is 7. The Balaban J connectivity index is 1.85. The maximum Gasteiger partial charge on any atom is 0.116 e.